The number of alkyl halides is 3. The Morgan fingerprint density at radius 2 is 2.00 bits per heavy atom. The van der Waals surface area contributed by atoms with E-state index in [4.69, 9.17) is 4.42 Å². The number of aryl methyl sites for hydroxylation is 1. The Kier molecular flexibility index (Phi) is 5.28. The van der Waals surface area contributed by atoms with Gasteiger partial charge in [-0.05, 0) is 44.2 Å². The van der Waals surface area contributed by atoms with Gasteiger partial charge in [-0.2, -0.15) is 18.3 Å². The average Bonchev–Trinajstić information content (AvgIpc) is 2.96. The van der Waals surface area contributed by atoms with Crippen LogP contribution < -0.4 is 10.7 Å². The summed E-state index contributed by atoms with van der Waals surface area (Å²) in [6, 6.07) is 8.11. The lowest BCUT2D eigenvalue weighted by molar-refractivity contribution is -0.137. The van der Waals surface area contributed by atoms with Gasteiger partial charge in [0.1, 0.15) is 17.2 Å². The van der Waals surface area contributed by atoms with E-state index in [0.717, 1.165) is 17.9 Å². The largest absolute Gasteiger partial charge is 0.460 e. The van der Waals surface area contributed by atoms with Crippen molar-refractivity contribution in [2.24, 2.45) is 5.10 Å². The van der Waals surface area contributed by atoms with Gasteiger partial charge in [0.05, 0.1) is 12.1 Å². The van der Waals surface area contributed by atoms with Crippen LogP contribution in [-0.4, -0.2) is 18.2 Å². The van der Waals surface area contributed by atoms with Crippen molar-refractivity contribution >= 4 is 17.3 Å². The van der Waals surface area contributed by atoms with Gasteiger partial charge in [0.25, 0.3) is 5.91 Å². The van der Waals surface area contributed by atoms with E-state index in [9.17, 15) is 18.0 Å². The molecule has 0 unspecified atom stereocenters. The fourth-order valence-electron chi connectivity index (χ4n) is 1.86. The van der Waals surface area contributed by atoms with Crippen molar-refractivity contribution in [3.05, 3.63) is 53.5 Å². The number of nitrogens with zero attached hydrogens (tertiary/aromatic N) is 1. The number of hydrogen-bond acceptors (Lipinski definition) is 4. The number of furan rings is 1. The first kappa shape index (κ1) is 17.6. The van der Waals surface area contributed by atoms with Gasteiger partial charge in [0.15, 0.2) is 0 Å². The Morgan fingerprint density at radius 3 is 2.62 bits per heavy atom. The van der Waals surface area contributed by atoms with Crippen molar-refractivity contribution in [1.29, 1.82) is 0 Å². The molecule has 0 fully saturated rings. The minimum absolute atomic E-state index is 0.197. The Bertz CT molecular complexity index is 751. The molecular weight excluding hydrogens is 323 g/mol. The van der Waals surface area contributed by atoms with Crippen LogP contribution in [0.15, 0.2) is 45.9 Å². The molecule has 1 aromatic heterocycles. The summed E-state index contributed by atoms with van der Waals surface area (Å²) < 4.78 is 43.2. The summed E-state index contributed by atoms with van der Waals surface area (Å²) in [6.45, 7) is 3.24. The van der Waals surface area contributed by atoms with Gasteiger partial charge in [0, 0.05) is 5.69 Å². The molecule has 0 spiro atoms. The summed E-state index contributed by atoms with van der Waals surface area (Å²) in [4.78, 5) is 11.7. The normalized spacial score (nSPS) is 12.1. The van der Waals surface area contributed by atoms with Gasteiger partial charge in [-0.1, -0.05) is 6.07 Å². The molecule has 0 atom stereocenters. The number of anilines is 1. The van der Waals surface area contributed by atoms with Crippen LogP contribution in [0.1, 0.15) is 24.0 Å². The molecule has 2 rings (SSSR count). The van der Waals surface area contributed by atoms with Gasteiger partial charge in [-0.15, -0.1) is 0 Å². The molecule has 1 amide bonds. The maximum Gasteiger partial charge on any atom is 0.416 e. The quantitative estimate of drug-likeness (QED) is 0.647. The molecule has 0 bridgehead atoms. The van der Waals surface area contributed by atoms with E-state index in [2.05, 4.69) is 15.8 Å². The number of amides is 1. The first-order valence-electron chi connectivity index (χ1n) is 7.07. The monoisotopic (exact) mass is 339 g/mol. The molecule has 128 valence electrons. The van der Waals surface area contributed by atoms with Crippen molar-refractivity contribution in [2.45, 2.75) is 20.0 Å². The van der Waals surface area contributed by atoms with Gasteiger partial charge in [-0.3, -0.25) is 4.79 Å². The molecule has 24 heavy (non-hydrogen) atoms. The zero-order chi connectivity index (χ0) is 17.7. The Hall–Kier alpha value is -2.77. The van der Waals surface area contributed by atoms with E-state index < -0.39 is 17.6 Å². The van der Waals surface area contributed by atoms with E-state index in [1.807, 2.05) is 0 Å². The van der Waals surface area contributed by atoms with Crippen LogP contribution in [0.3, 0.4) is 0 Å². The van der Waals surface area contributed by atoms with E-state index in [-0.39, 0.29) is 12.2 Å². The second-order valence-corrected chi connectivity index (χ2v) is 5.07. The van der Waals surface area contributed by atoms with Crippen LogP contribution in [0, 0.1) is 6.92 Å². The molecule has 5 nitrogen and oxygen atoms in total. The summed E-state index contributed by atoms with van der Waals surface area (Å²) in [5.74, 6) is 0.755. The zero-order valence-corrected chi connectivity index (χ0v) is 13.1. The number of halogens is 3. The molecule has 2 aromatic rings. The zero-order valence-electron chi connectivity index (χ0n) is 13.1. The van der Waals surface area contributed by atoms with E-state index in [1.54, 1.807) is 26.0 Å². The highest BCUT2D eigenvalue weighted by Crippen LogP contribution is 2.30. The molecule has 0 radical (unpaired) electrons. The predicted octanol–water partition coefficient (Wildman–Crippen LogP) is 3.56. The van der Waals surface area contributed by atoms with Crippen LogP contribution in [0.25, 0.3) is 0 Å². The second kappa shape index (κ2) is 7.20. The molecule has 0 aliphatic heterocycles. The lowest BCUT2D eigenvalue weighted by Gasteiger charge is -2.10. The topological polar surface area (TPSA) is 66.6 Å². The molecule has 1 heterocycles. The SMILES string of the molecule is C/C(=N/NC(=O)CNc1cccc(C(F)(F)F)c1)c1ccc(C)o1. The number of rotatable bonds is 5. The van der Waals surface area contributed by atoms with Crippen molar-refractivity contribution in [3.8, 4) is 0 Å². The maximum absolute atomic E-state index is 12.6. The third-order valence-electron chi connectivity index (χ3n) is 3.09. The Morgan fingerprint density at radius 1 is 1.25 bits per heavy atom. The first-order chi connectivity index (χ1) is 11.3. The van der Waals surface area contributed by atoms with Crippen molar-refractivity contribution in [3.63, 3.8) is 0 Å². The average molecular weight is 339 g/mol. The van der Waals surface area contributed by atoms with E-state index in [1.165, 1.54) is 12.1 Å². The third-order valence-corrected chi connectivity index (χ3v) is 3.09. The molecule has 0 saturated heterocycles. The molecule has 8 heteroatoms. The second-order valence-electron chi connectivity index (χ2n) is 5.07. The molecule has 0 saturated carbocycles. The molecule has 0 aliphatic rings. The van der Waals surface area contributed by atoms with Crippen LogP contribution in [0.4, 0.5) is 18.9 Å². The van der Waals surface area contributed by atoms with Gasteiger partial charge in [0.2, 0.25) is 0 Å². The van der Waals surface area contributed by atoms with Crippen LogP contribution in [0.5, 0.6) is 0 Å². The summed E-state index contributed by atoms with van der Waals surface area (Å²) >= 11 is 0. The minimum atomic E-state index is -4.43. The molecule has 2 N–H and O–H groups in total. The summed E-state index contributed by atoms with van der Waals surface area (Å²) in [6.07, 6.45) is -4.43. The van der Waals surface area contributed by atoms with Gasteiger partial charge in [-0.25, -0.2) is 5.43 Å². The Balaban J connectivity index is 1.89. The van der Waals surface area contributed by atoms with Crippen molar-refractivity contribution in [2.75, 3.05) is 11.9 Å². The standard InChI is InChI=1S/C16H16F3N3O2/c1-10-6-7-14(24-10)11(2)21-22-15(23)9-20-13-5-3-4-12(8-13)16(17,18)19/h3-8,20H,9H2,1-2H3,(H,22,23)/b21-11-. The predicted molar refractivity (Wildman–Crippen MR) is 83.7 cm³/mol. The summed E-state index contributed by atoms with van der Waals surface area (Å²) in [5, 5.41) is 6.50. The number of hydrazone groups is 1. The smallest absolute Gasteiger partial charge is 0.416 e. The number of carbonyl (C=O) groups excluding carboxylic acids is 1. The third kappa shape index (κ3) is 4.87. The number of nitrogens with one attached hydrogen (secondary N) is 2. The van der Waals surface area contributed by atoms with Crippen molar-refractivity contribution in [1.82, 2.24) is 5.43 Å². The highest BCUT2D eigenvalue weighted by molar-refractivity contribution is 5.97. The minimum Gasteiger partial charge on any atom is -0.460 e. The summed E-state index contributed by atoms with van der Waals surface area (Å²) in [5.41, 5.74) is 2.21. The molecule has 0 aliphatic carbocycles. The molecule has 1 aromatic carbocycles. The van der Waals surface area contributed by atoms with Gasteiger partial charge >= 0.3 is 6.18 Å². The van der Waals surface area contributed by atoms with E-state index >= 15 is 0 Å². The lowest BCUT2D eigenvalue weighted by atomic mass is 10.2. The maximum atomic E-state index is 12.6. The van der Waals surface area contributed by atoms with Crippen molar-refractivity contribution < 1.29 is 22.4 Å². The van der Waals surface area contributed by atoms with Crippen LogP contribution in [0.2, 0.25) is 0 Å². The number of benzene rings is 1. The molecular formula is C16H16F3N3O2. The Labute approximate surface area is 136 Å². The number of carbonyl (C=O) groups is 1. The first-order valence-corrected chi connectivity index (χ1v) is 7.07. The fourth-order valence-corrected chi connectivity index (χ4v) is 1.86. The summed E-state index contributed by atoms with van der Waals surface area (Å²) in [7, 11) is 0. The number of hydrogen-bond donors (Lipinski definition) is 2. The lowest BCUT2D eigenvalue weighted by Crippen LogP contribution is -2.26. The highest BCUT2D eigenvalue weighted by atomic mass is 19.4. The fraction of sp³-hybridized carbons (Fsp3) is 0.250. The van der Waals surface area contributed by atoms with Crippen LogP contribution >= 0.6 is 0 Å². The van der Waals surface area contributed by atoms with Gasteiger partial charge < -0.3 is 9.73 Å². The van der Waals surface area contributed by atoms with Crippen LogP contribution in [-0.2, 0) is 11.0 Å². The highest BCUT2D eigenvalue weighted by Gasteiger charge is 2.30. The van der Waals surface area contributed by atoms with E-state index in [0.29, 0.717) is 11.5 Å².